The van der Waals surface area contributed by atoms with E-state index in [1.54, 1.807) is 0 Å². The van der Waals surface area contributed by atoms with Gasteiger partial charge in [-0.3, -0.25) is 0 Å². The van der Waals surface area contributed by atoms with Gasteiger partial charge in [-0.15, -0.1) is 10.2 Å². The normalized spacial score (nSPS) is 11.5. The number of nitrogens with two attached hydrogens (primary N) is 1. The Labute approximate surface area is 131 Å². The average Bonchev–Trinajstić information content (AvgIpc) is 3.19. The molecule has 0 fully saturated rings. The first-order valence-electron chi connectivity index (χ1n) is 6.45. The number of halogens is 3. The molecule has 0 aliphatic carbocycles. The zero-order valence-corrected chi connectivity index (χ0v) is 11.8. The van der Waals surface area contributed by atoms with Crippen LogP contribution in [0, 0.1) is 0 Å². The first-order chi connectivity index (χ1) is 11.4. The Bertz CT molecular complexity index is 859. The molecular formula is C13H9F3N6O2. The van der Waals surface area contributed by atoms with Crippen molar-refractivity contribution in [1.29, 1.82) is 0 Å². The van der Waals surface area contributed by atoms with Gasteiger partial charge < -0.3 is 15.5 Å². The minimum atomic E-state index is -4.77. The third-order valence-corrected chi connectivity index (χ3v) is 3.15. The lowest BCUT2D eigenvalue weighted by molar-refractivity contribution is -0.136. The van der Waals surface area contributed by atoms with Crippen LogP contribution >= 0.6 is 0 Å². The minimum Gasteiger partial charge on any atom is -0.472 e. The fourth-order valence-corrected chi connectivity index (χ4v) is 2.29. The Morgan fingerprint density at radius 1 is 1.29 bits per heavy atom. The molecule has 4 N–H and O–H groups in total. The maximum Gasteiger partial charge on any atom is 0.417 e. The topological polar surface area (TPSA) is 123 Å². The largest absolute Gasteiger partial charge is 0.472 e. The number of rotatable bonds is 3. The van der Waals surface area contributed by atoms with Crippen molar-refractivity contribution in [3.8, 4) is 22.5 Å². The first-order valence-corrected chi connectivity index (χ1v) is 6.45. The number of furan rings is 1. The number of H-pyrrole nitrogens is 1. The summed E-state index contributed by atoms with van der Waals surface area (Å²) in [5, 5.41) is 14.7. The molecule has 3 aromatic rings. The number of hydrogen-bond acceptors (Lipinski definition) is 5. The number of nitrogens with one attached hydrogen (secondary N) is 2. The predicted octanol–water partition coefficient (Wildman–Crippen LogP) is 2.64. The van der Waals surface area contributed by atoms with Gasteiger partial charge in [0.1, 0.15) is 0 Å². The fraction of sp³-hybridized carbons (Fsp3) is 0.0769. The van der Waals surface area contributed by atoms with Crippen molar-refractivity contribution in [1.82, 2.24) is 20.6 Å². The quantitative estimate of drug-likeness (QED) is 0.677. The molecule has 0 aliphatic heterocycles. The van der Waals surface area contributed by atoms with E-state index in [0.29, 0.717) is 0 Å². The molecule has 0 saturated carbocycles. The van der Waals surface area contributed by atoms with E-state index in [9.17, 15) is 18.0 Å². The van der Waals surface area contributed by atoms with Gasteiger partial charge in [-0.2, -0.15) is 18.4 Å². The number of tetrazole rings is 1. The highest BCUT2D eigenvalue weighted by atomic mass is 19.4. The number of alkyl halides is 3. The molecule has 0 atom stereocenters. The summed E-state index contributed by atoms with van der Waals surface area (Å²) in [5.74, 6) is -0.337. The summed E-state index contributed by atoms with van der Waals surface area (Å²) in [6.07, 6.45) is -2.34. The van der Waals surface area contributed by atoms with Gasteiger partial charge in [-0.05, 0) is 22.9 Å². The summed E-state index contributed by atoms with van der Waals surface area (Å²) >= 11 is 0. The third-order valence-electron chi connectivity index (χ3n) is 3.15. The summed E-state index contributed by atoms with van der Waals surface area (Å²) < 4.78 is 46.1. The minimum absolute atomic E-state index is 0.161. The van der Waals surface area contributed by atoms with Crippen LogP contribution in [-0.4, -0.2) is 26.7 Å². The lowest BCUT2D eigenvalue weighted by Crippen LogP contribution is -2.21. The van der Waals surface area contributed by atoms with Crippen molar-refractivity contribution in [3.05, 3.63) is 36.3 Å². The lowest BCUT2D eigenvalue weighted by Gasteiger charge is -2.18. The molecule has 3 rings (SSSR count). The molecule has 0 aliphatic rings. The maximum absolute atomic E-state index is 13.7. The van der Waals surface area contributed by atoms with E-state index in [1.807, 2.05) is 0 Å². The lowest BCUT2D eigenvalue weighted by atomic mass is 9.94. The fourth-order valence-electron chi connectivity index (χ4n) is 2.29. The molecule has 0 spiro atoms. The molecule has 2 aromatic heterocycles. The standard InChI is InChI=1S/C13H9F3N6O2/c14-13(15,16)10-7(6-3-4-24-5-6)1-2-8(18-12(17)23)9(10)11-19-21-22-20-11/h1-5H,(H3,17,18,23)(H,19,20,21,22). The number of aromatic amines is 1. The Morgan fingerprint density at radius 3 is 2.62 bits per heavy atom. The van der Waals surface area contributed by atoms with Crippen molar-refractivity contribution in [2.75, 3.05) is 5.32 Å². The summed E-state index contributed by atoms with van der Waals surface area (Å²) in [7, 11) is 0. The maximum atomic E-state index is 13.7. The molecule has 11 heteroatoms. The molecule has 0 radical (unpaired) electrons. The molecule has 0 unspecified atom stereocenters. The molecule has 2 amide bonds. The van der Waals surface area contributed by atoms with E-state index >= 15 is 0 Å². The molecule has 1 aromatic carbocycles. The van der Waals surface area contributed by atoms with Crippen LogP contribution in [-0.2, 0) is 6.18 Å². The van der Waals surface area contributed by atoms with Crippen molar-refractivity contribution in [3.63, 3.8) is 0 Å². The Balaban J connectivity index is 2.35. The van der Waals surface area contributed by atoms with E-state index in [4.69, 9.17) is 10.2 Å². The van der Waals surface area contributed by atoms with E-state index in [-0.39, 0.29) is 22.6 Å². The van der Waals surface area contributed by atoms with Crippen LogP contribution < -0.4 is 11.1 Å². The monoisotopic (exact) mass is 338 g/mol. The van der Waals surface area contributed by atoms with E-state index in [0.717, 1.165) is 0 Å². The van der Waals surface area contributed by atoms with Gasteiger partial charge in [0, 0.05) is 5.56 Å². The third kappa shape index (κ3) is 2.78. The van der Waals surface area contributed by atoms with Gasteiger partial charge in [-0.25, -0.2) is 4.79 Å². The molecule has 2 heterocycles. The number of amides is 2. The molecule has 124 valence electrons. The second-order valence-electron chi connectivity index (χ2n) is 4.65. The second kappa shape index (κ2) is 5.68. The number of aromatic nitrogens is 4. The van der Waals surface area contributed by atoms with Gasteiger partial charge in [0.05, 0.1) is 29.3 Å². The number of primary amides is 1. The molecular weight excluding hydrogens is 329 g/mol. The van der Waals surface area contributed by atoms with Crippen LogP contribution in [0.3, 0.4) is 0 Å². The summed E-state index contributed by atoms with van der Waals surface area (Å²) in [6.45, 7) is 0. The van der Waals surface area contributed by atoms with Gasteiger partial charge >= 0.3 is 12.2 Å². The van der Waals surface area contributed by atoms with Crippen molar-refractivity contribution in [2.45, 2.75) is 6.18 Å². The highest BCUT2D eigenvalue weighted by molar-refractivity contribution is 5.95. The number of carbonyl (C=O) groups excluding carboxylic acids is 1. The predicted molar refractivity (Wildman–Crippen MR) is 75.5 cm³/mol. The zero-order valence-electron chi connectivity index (χ0n) is 11.8. The number of benzene rings is 1. The summed E-state index contributed by atoms with van der Waals surface area (Å²) in [6, 6.07) is 2.83. The molecule has 0 bridgehead atoms. The number of carbonyl (C=O) groups is 1. The smallest absolute Gasteiger partial charge is 0.417 e. The van der Waals surface area contributed by atoms with Crippen molar-refractivity contribution < 1.29 is 22.4 Å². The van der Waals surface area contributed by atoms with Crippen LogP contribution in [0.25, 0.3) is 22.5 Å². The number of anilines is 1. The van der Waals surface area contributed by atoms with Gasteiger partial charge in [0.25, 0.3) is 0 Å². The van der Waals surface area contributed by atoms with Crippen molar-refractivity contribution >= 4 is 11.7 Å². The highest BCUT2D eigenvalue weighted by Crippen LogP contribution is 2.45. The highest BCUT2D eigenvalue weighted by Gasteiger charge is 2.39. The van der Waals surface area contributed by atoms with E-state index in [1.165, 1.54) is 30.7 Å². The van der Waals surface area contributed by atoms with Gasteiger partial charge in [-0.1, -0.05) is 6.07 Å². The van der Waals surface area contributed by atoms with Crippen molar-refractivity contribution in [2.24, 2.45) is 5.73 Å². The number of nitrogens with zero attached hydrogens (tertiary/aromatic N) is 3. The number of hydrogen-bond donors (Lipinski definition) is 3. The SMILES string of the molecule is NC(=O)Nc1ccc(-c2ccoc2)c(C(F)(F)F)c1-c1nn[nH]n1. The first kappa shape index (κ1) is 15.5. The van der Waals surface area contributed by atoms with Gasteiger partial charge in [0.15, 0.2) is 0 Å². The summed E-state index contributed by atoms with van der Waals surface area (Å²) in [4.78, 5) is 11.1. The Morgan fingerprint density at radius 2 is 2.08 bits per heavy atom. The Kier molecular flexibility index (Phi) is 3.67. The second-order valence-corrected chi connectivity index (χ2v) is 4.65. The van der Waals surface area contributed by atoms with Crippen LogP contribution in [0.5, 0.6) is 0 Å². The van der Waals surface area contributed by atoms with E-state index < -0.39 is 23.3 Å². The van der Waals surface area contributed by atoms with E-state index in [2.05, 4.69) is 25.9 Å². The van der Waals surface area contributed by atoms with Gasteiger partial charge in [0.2, 0.25) is 5.82 Å². The van der Waals surface area contributed by atoms with Crippen LogP contribution in [0.15, 0.2) is 35.1 Å². The molecule has 0 saturated heterocycles. The zero-order chi connectivity index (χ0) is 17.3. The number of urea groups is 1. The summed E-state index contributed by atoms with van der Waals surface area (Å²) in [5.41, 5.74) is 3.39. The van der Waals surface area contributed by atoms with Crippen LogP contribution in [0.1, 0.15) is 5.56 Å². The van der Waals surface area contributed by atoms with Crippen LogP contribution in [0.4, 0.5) is 23.7 Å². The van der Waals surface area contributed by atoms with Crippen LogP contribution in [0.2, 0.25) is 0 Å². The Hall–Kier alpha value is -3.37. The average molecular weight is 338 g/mol. The molecule has 8 nitrogen and oxygen atoms in total. The molecule has 24 heavy (non-hydrogen) atoms.